The molecule has 43 heavy (non-hydrogen) atoms. The van der Waals surface area contributed by atoms with E-state index >= 15 is 0 Å². The Bertz CT molecular complexity index is 1680. The number of nitrogens with one attached hydrogen (secondary N) is 1. The Morgan fingerprint density at radius 3 is 2.58 bits per heavy atom. The van der Waals surface area contributed by atoms with Gasteiger partial charge in [-0.2, -0.15) is 8.78 Å². The number of aliphatic carboxylic acids is 1. The summed E-state index contributed by atoms with van der Waals surface area (Å²) in [5, 5.41) is 8.83. The Morgan fingerprint density at radius 1 is 1.09 bits per heavy atom. The number of halogens is 2. The van der Waals surface area contributed by atoms with E-state index < -0.39 is 12.6 Å². The number of carbonyl (C=O) groups is 1. The van der Waals surface area contributed by atoms with Crippen LogP contribution < -0.4 is 14.4 Å². The number of allylic oxidation sites excluding steroid dienone is 1. The summed E-state index contributed by atoms with van der Waals surface area (Å²) in [5.41, 5.74) is 6.27. The minimum absolute atomic E-state index is 0.104. The minimum atomic E-state index is -2.88. The molecule has 2 aromatic heterocycles. The van der Waals surface area contributed by atoms with E-state index in [0.29, 0.717) is 12.2 Å². The lowest BCUT2D eigenvalue weighted by Gasteiger charge is -2.39. The zero-order valence-electron chi connectivity index (χ0n) is 23.8. The van der Waals surface area contributed by atoms with Gasteiger partial charge in [-0.25, -0.2) is 19.7 Å². The Morgan fingerprint density at radius 2 is 1.86 bits per heavy atom. The SMILES string of the molecule is Cc1[nH]c(C2(C)CCN(c3ncnc4c3C=C(c3ccc(OCC(=O)O)cc3)C4)CC2)nc1-c1cccc(OC(F)F)c1. The third-order valence-electron chi connectivity index (χ3n) is 8.16. The van der Waals surface area contributed by atoms with E-state index in [1.54, 1.807) is 30.6 Å². The number of imidazole rings is 1. The van der Waals surface area contributed by atoms with Crippen molar-refractivity contribution in [2.24, 2.45) is 0 Å². The number of benzene rings is 2. The van der Waals surface area contributed by atoms with E-state index in [2.05, 4.69) is 37.6 Å². The number of hydrogen-bond acceptors (Lipinski definition) is 7. The number of carboxylic acids is 1. The van der Waals surface area contributed by atoms with Crippen LogP contribution in [0.5, 0.6) is 11.5 Å². The fraction of sp³-hybridized carbons (Fsp3) is 0.312. The summed E-state index contributed by atoms with van der Waals surface area (Å²) in [4.78, 5) is 30.7. The van der Waals surface area contributed by atoms with Crippen LogP contribution >= 0.6 is 0 Å². The number of alkyl halides is 2. The van der Waals surface area contributed by atoms with Gasteiger partial charge in [-0.1, -0.05) is 31.2 Å². The van der Waals surface area contributed by atoms with Crippen molar-refractivity contribution in [1.82, 2.24) is 19.9 Å². The normalized spacial score (nSPS) is 15.7. The lowest BCUT2D eigenvalue weighted by molar-refractivity contribution is -0.139. The molecule has 11 heteroatoms. The van der Waals surface area contributed by atoms with Gasteiger partial charge in [0, 0.05) is 41.7 Å². The first kappa shape index (κ1) is 28.3. The quantitative estimate of drug-likeness (QED) is 0.249. The van der Waals surface area contributed by atoms with Crippen molar-refractivity contribution in [2.45, 2.75) is 45.1 Å². The number of hydrogen-bond donors (Lipinski definition) is 2. The van der Waals surface area contributed by atoms with E-state index in [0.717, 1.165) is 76.9 Å². The Kier molecular flexibility index (Phi) is 7.55. The molecule has 1 saturated heterocycles. The number of ether oxygens (including phenoxy) is 2. The van der Waals surface area contributed by atoms with Crippen LogP contribution in [-0.2, 0) is 16.6 Å². The molecular formula is C32H31F2N5O4. The average molecular weight is 588 g/mol. The fourth-order valence-corrected chi connectivity index (χ4v) is 5.76. The lowest BCUT2D eigenvalue weighted by Crippen LogP contribution is -2.42. The highest BCUT2D eigenvalue weighted by Gasteiger charge is 2.36. The van der Waals surface area contributed by atoms with Gasteiger partial charge in [-0.05, 0) is 61.2 Å². The van der Waals surface area contributed by atoms with Gasteiger partial charge in [0.15, 0.2) is 6.61 Å². The number of piperidine rings is 1. The maximum Gasteiger partial charge on any atom is 0.387 e. The van der Waals surface area contributed by atoms with Gasteiger partial charge in [0.2, 0.25) is 0 Å². The van der Waals surface area contributed by atoms with Crippen LogP contribution in [0, 0.1) is 6.92 Å². The molecule has 1 aliphatic carbocycles. The molecule has 2 N–H and O–H groups in total. The molecule has 0 spiro atoms. The van der Waals surface area contributed by atoms with Crippen molar-refractivity contribution in [2.75, 3.05) is 24.6 Å². The first-order valence-electron chi connectivity index (χ1n) is 14.1. The molecule has 3 heterocycles. The van der Waals surface area contributed by atoms with Crippen LogP contribution in [0.25, 0.3) is 22.9 Å². The predicted molar refractivity (Wildman–Crippen MR) is 157 cm³/mol. The van der Waals surface area contributed by atoms with Gasteiger partial charge in [-0.3, -0.25) is 0 Å². The molecule has 1 aliphatic heterocycles. The minimum Gasteiger partial charge on any atom is -0.482 e. The van der Waals surface area contributed by atoms with Crippen molar-refractivity contribution in [3.05, 3.63) is 83.2 Å². The summed E-state index contributed by atoms with van der Waals surface area (Å²) in [6.07, 6.45) is 6.14. The topological polar surface area (TPSA) is 113 Å². The van der Waals surface area contributed by atoms with E-state index in [1.165, 1.54) is 6.07 Å². The zero-order chi connectivity index (χ0) is 30.1. The third-order valence-corrected chi connectivity index (χ3v) is 8.16. The number of aromatic amines is 1. The predicted octanol–water partition coefficient (Wildman–Crippen LogP) is 5.89. The Balaban J connectivity index is 1.16. The fourth-order valence-electron chi connectivity index (χ4n) is 5.76. The van der Waals surface area contributed by atoms with Crippen molar-refractivity contribution in [1.29, 1.82) is 0 Å². The number of fused-ring (bicyclic) bond motifs is 1. The maximum atomic E-state index is 12.7. The molecule has 0 radical (unpaired) electrons. The third kappa shape index (κ3) is 5.93. The summed E-state index contributed by atoms with van der Waals surface area (Å²) >= 11 is 0. The molecule has 4 aromatic rings. The molecule has 0 unspecified atom stereocenters. The maximum absolute atomic E-state index is 12.7. The number of aromatic nitrogens is 4. The molecule has 6 rings (SSSR count). The second kappa shape index (κ2) is 11.5. The zero-order valence-corrected chi connectivity index (χ0v) is 23.8. The monoisotopic (exact) mass is 587 g/mol. The van der Waals surface area contributed by atoms with Crippen LogP contribution in [0.3, 0.4) is 0 Å². The van der Waals surface area contributed by atoms with Gasteiger partial charge in [0.25, 0.3) is 0 Å². The second-order valence-corrected chi connectivity index (χ2v) is 11.1. The molecule has 2 aliphatic rings. The lowest BCUT2D eigenvalue weighted by atomic mass is 9.79. The molecule has 0 atom stereocenters. The van der Waals surface area contributed by atoms with Crippen molar-refractivity contribution >= 4 is 23.4 Å². The standard InChI is InChI=1S/C32H31F2N5O4/c1-19-28(21-4-3-5-24(14-21)43-31(33)34)38-30(37-19)32(2)10-12-39(13-11-32)29-25-15-22(16-26(25)35-18-36-29)20-6-8-23(9-7-20)42-17-27(40)41/h3-9,14-15,18,31H,10-13,16-17H2,1-2H3,(H,37,38)(H,40,41). The van der Waals surface area contributed by atoms with E-state index in [1.807, 2.05) is 25.1 Å². The van der Waals surface area contributed by atoms with Gasteiger partial charge in [-0.15, -0.1) is 0 Å². The number of aryl methyl sites for hydroxylation is 1. The van der Waals surface area contributed by atoms with Crippen LogP contribution in [-0.4, -0.2) is 57.3 Å². The molecule has 222 valence electrons. The number of H-pyrrole nitrogens is 1. The second-order valence-electron chi connectivity index (χ2n) is 11.1. The highest BCUT2D eigenvalue weighted by Crippen LogP contribution is 2.40. The number of rotatable bonds is 9. The summed E-state index contributed by atoms with van der Waals surface area (Å²) in [6, 6.07) is 14.0. The molecule has 1 fully saturated rings. The molecule has 0 bridgehead atoms. The van der Waals surface area contributed by atoms with E-state index in [4.69, 9.17) is 14.8 Å². The van der Waals surface area contributed by atoms with Gasteiger partial charge in [0.05, 0.1) is 11.4 Å². The van der Waals surface area contributed by atoms with E-state index in [9.17, 15) is 13.6 Å². The van der Waals surface area contributed by atoms with Crippen LogP contribution in [0.4, 0.5) is 14.6 Å². The summed E-state index contributed by atoms with van der Waals surface area (Å²) in [5.74, 6) is 1.39. The van der Waals surface area contributed by atoms with E-state index in [-0.39, 0.29) is 17.8 Å². The van der Waals surface area contributed by atoms with Gasteiger partial charge >= 0.3 is 12.6 Å². The summed E-state index contributed by atoms with van der Waals surface area (Å²) < 4.78 is 35.3. The number of nitrogens with zero attached hydrogens (tertiary/aromatic N) is 4. The van der Waals surface area contributed by atoms with Crippen LogP contribution in [0.2, 0.25) is 0 Å². The average Bonchev–Trinajstić information content (AvgIpc) is 3.61. The first-order valence-corrected chi connectivity index (χ1v) is 14.1. The van der Waals surface area contributed by atoms with Gasteiger partial charge < -0.3 is 24.5 Å². The smallest absolute Gasteiger partial charge is 0.387 e. The van der Waals surface area contributed by atoms with Crippen LogP contribution in [0.1, 0.15) is 48.1 Å². The number of anilines is 1. The summed E-state index contributed by atoms with van der Waals surface area (Å²) in [7, 11) is 0. The molecule has 2 aromatic carbocycles. The van der Waals surface area contributed by atoms with Crippen molar-refractivity contribution in [3.63, 3.8) is 0 Å². The highest BCUT2D eigenvalue weighted by atomic mass is 19.3. The Hall–Kier alpha value is -4.80. The largest absolute Gasteiger partial charge is 0.482 e. The van der Waals surface area contributed by atoms with Crippen molar-refractivity contribution < 1.29 is 28.2 Å². The summed E-state index contributed by atoms with van der Waals surface area (Å²) in [6.45, 7) is 2.45. The highest BCUT2D eigenvalue weighted by molar-refractivity contribution is 5.91. The molecule has 0 saturated carbocycles. The molecule has 9 nitrogen and oxygen atoms in total. The Labute approximate surface area is 247 Å². The first-order chi connectivity index (χ1) is 20.7. The van der Waals surface area contributed by atoms with Crippen LogP contribution in [0.15, 0.2) is 54.9 Å². The van der Waals surface area contributed by atoms with Gasteiger partial charge in [0.1, 0.15) is 29.5 Å². The molecular weight excluding hydrogens is 556 g/mol. The molecule has 0 amide bonds. The van der Waals surface area contributed by atoms with Crippen molar-refractivity contribution in [3.8, 4) is 22.8 Å². The number of carboxylic acid groups (broad SMARTS) is 1.